The monoisotopic (exact) mass is 239 g/mol. The molecule has 0 radical (unpaired) electrons. The van der Waals surface area contributed by atoms with Gasteiger partial charge in [0.2, 0.25) is 0 Å². The van der Waals surface area contributed by atoms with E-state index in [1.807, 2.05) is 6.92 Å². The summed E-state index contributed by atoms with van der Waals surface area (Å²) in [6.07, 6.45) is 10.5. The first-order valence-corrected chi connectivity index (χ1v) is 7.17. The van der Waals surface area contributed by atoms with Crippen LogP contribution in [0.25, 0.3) is 0 Å². The van der Waals surface area contributed by atoms with Crippen LogP contribution < -0.4 is 5.32 Å². The number of aliphatic hydroxyl groups is 1. The van der Waals surface area contributed by atoms with Gasteiger partial charge in [0.1, 0.15) is 0 Å². The Hall–Kier alpha value is -0.340. The second-order valence-corrected chi connectivity index (χ2v) is 5.81. The molecule has 2 N–H and O–H groups in total. The molecule has 2 heteroatoms. The molecule has 1 unspecified atom stereocenters. The molecule has 1 rings (SSSR count). The van der Waals surface area contributed by atoms with Gasteiger partial charge in [-0.1, -0.05) is 32.8 Å². The summed E-state index contributed by atoms with van der Waals surface area (Å²) in [6, 6.07) is 0.497. The molecule has 0 aromatic heterocycles. The van der Waals surface area contributed by atoms with Crippen LogP contribution in [0.2, 0.25) is 0 Å². The van der Waals surface area contributed by atoms with Crippen molar-refractivity contribution in [1.82, 2.24) is 5.32 Å². The van der Waals surface area contributed by atoms with Crippen LogP contribution in [0.1, 0.15) is 65.7 Å². The van der Waals surface area contributed by atoms with Crippen LogP contribution in [0.5, 0.6) is 0 Å². The molecule has 0 bridgehead atoms. The number of rotatable bonds is 5. The van der Waals surface area contributed by atoms with E-state index in [0.717, 1.165) is 25.8 Å². The molecular formula is C15H29NO. The Balaban J connectivity index is 2.48. The van der Waals surface area contributed by atoms with Crippen molar-refractivity contribution in [1.29, 1.82) is 0 Å². The maximum Gasteiger partial charge on any atom is 0.0840 e. The smallest absolute Gasteiger partial charge is 0.0840 e. The van der Waals surface area contributed by atoms with Gasteiger partial charge >= 0.3 is 0 Å². The van der Waals surface area contributed by atoms with Crippen molar-refractivity contribution in [2.75, 3.05) is 6.54 Å². The van der Waals surface area contributed by atoms with Crippen LogP contribution in [-0.2, 0) is 0 Å². The fourth-order valence-corrected chi connectivity index (χ4v) is 2.45. The Morgan fingerprint density at radius 2 is 2.00 bits per heavy atom. The predicted molar refractivity (Wildman–Crippen MR) is 74.2 cm³/mol. The summed E-state index contributed by atoms with van der Waals surface area (Å²) < 4.78 is 0. The van der Waals surface area contributed by atoms with Crippen molar-refractivity contribution in [3.05, 3.63) is 11.6 Å². The van der Waals surface area contributed by atoms with E-state index in [-0.39, 0.29) is 0 Å². The van der Waals surface area contributed by atoms with Gasteiger partial charge in [-0.3, -0.25) is 0 Å². The molecule has 100 valence electrons. The van der Waals surface area contributed by atoms with Crippen LogP contribution in [0.3, 0.4) is 0 Å². The van der Waals surface area contributed by atoms with Crippen molar-refractivity contribution in [2.45, 2.75) is 77.4 Å². The van der Waals surface area contributed by atoms with E-state index in [9.17, 15) is 5.11 Å². The minimum Gasteiger partial charge on any atom is -0.386 e. The SMILES string of the molecule is CC(C)NCCC(C)(O)C1=CCCCCCC1. The Morgan fingerprint density at radius 3 is 2.71 bits per heavy atom. The van der Waals surface area contributed by atoms with Crippen LogP contribution in [0.15, 0.2) is 11.6 Å². The number of allylic oxidation sites excluding steroid dienone is 1. The average Bonchev–Trinajstić information content (AvgIpc) is 2.14. The zero-order valence-electron chi connectivity index (χ0n) is 11.8. The van der Waals surface area contributed by atoms with Gasteiger partial charge in [0.25, 0.3) is 0 Å². The van der Waals surface area contributed by atoms with E-state index in [2.05, 4.69) is 25.2 Å². The Labute approximate surface area is 106 Å². The van der Waals surface area contributed by atoms with Crippen LogP contribution in [0, 0.1) is 0 Å². The zero-order valence-corrected chi connectivity index (χ0v) is 11.8. The maximum atomic E-state index is 10.6. The lowest BCUT2D eigenvalue weighted by Crippen LogP contribution is -2.34. The lowest BCUT2D eigenvalue weighted by atomic mass is 9.86. The van der Waals surface area contributed by atoms with Crippen LogP contribution in [0.4, 0.5) is 0 Å². The van der Waals surface area contributed by atoms with E-state index in [0.29, 0.717) is 6.04 Å². The fourth-order valence-electron chi connectivity index (χ4n) is 2.45. The summed E-state index contributed by atoms with van der Waals surface area (Å²) in [7, 11) is 0. The lowest BCUT2D eigenvalue weighted by Gasteiger charge is -2.28. The van der Waals surface area contributed by atoms with Gasteiger partial charge < -0.3 is 10.4 Å². The quantitative estimate of drug-likeness (QED) is 0.721. The van der Waals surface area contributed by atoms with Gasteiger partial charge in [0.15, 0.2) is 0 Å². The van der Waals surface area contributed by atoms with Crippen LogP contribution in [-0.4, -0.2) is 23.3 Å². The Kier molecular flexibility index (Phi) is 6.21. The van der Waals surface area contributed by atoms with E-state index in [1.54, 1.807) is 0 Å². The van der Waals surface area contributed by atoms with E-state index in [4.69, 9.17) is 0 Å². The van der Waals surface area contributed by atoms with E-state index >= 15 is 0 Å². The third-order valence-corrected chi connectivity index (χ3v) is 3.65. The van der Waals surface area contributed by atoms with Gasteiger partial charge in [-0.05, 0) is 51.1 Å². The third-order valence-electron chi connectivity index (χ3n) is 3.65. The summed E-state index contributed by atoms with van der Waals surface area (Å²) in [4.78, 5) is 0. The zero-order chi connectivity index (χ0) is 12.7. The second-order valence-electron chi connectivity index (χ2n) is 5.81. The highest BCUT2D eigenvalue weighted by Crippen LogP contribution is 2.28. The van der Waals surface area contributed by atoms with Crippen molar-refractivity contribution >= 4 is 0 Å². The molecule has 0 fully saturated rings. The van der Waals surface area contributed by atoms with Crippen molar-refractivity contribution in [3.63, 3.8) is 0 Å². The van der Waals surface area contributed by atoms with Gasteiger partial charge in [-0.25, -0.2) is 0 Å². The summed E-state index contributed by atoms with van der Waals surface area (Å²) in [5.74, 6) is 0. The molecule has 1 atom stereocenters. The highest BCUT2D eigenvalue weighted by Gasteiger charge is 2.25. The molecule has 0 heterocycles. The molecule has 0 saturated heterocycles. The minimum absolute atomic E-state index is 0.497. The molecular weight excluding hydrogens is 210 g/mol. The molecule has 0 aliphatic heterocycles. The topological polar surface area (TPSA) is 32.3 Å². The molecule has 0 saturated carbocycles. The standard InChI is InChI=1S/C15H29NO/c1-13(2)16-12-11-15(3,17)14-9-7-5-4-6-8-10-14/h9,13,16-17H,4-8,10-12H2,1-3H3. The first-order chi connectivity index (χ1) is 8.02. The number of hydrogen-bond acceptors (Lipinski definition) is 2. The molecule has 0 aromatic carbocycles. The highest BCUT2D eigenvalue weighted by molar-refractivity contribution is 5.15. The summed E-state index contributed by atoms with van der Waals surface area (Å²) in [5, 5.41) is 13.9. The normalized spacial score (nSPS) is 21.6. The number of nitrogens with one attached hydrogen (secondary N) is 1. The molecule has 1 aliphatic rings. The first kappa shape index (κ1) is 14.7. The van der Waals surface area contributed by atoms with Gasteiger partial charge in [-0.2, -0.15) is 0 Å². The molecule has 0 spiro atoms. The number of hydrogen-bond donors (Lipinski definition) is 2. The molecule has 2 nitrogen and oxygen atoms in total. The molecule has 0 amide bonds. The first-order valence-electron chi connectivity index (χ1n) is 7.17. The summed E-state index contributed by atoms with van der Waals surface area (Å²) in [6.45, 7) is 7.15. The Morgan fingerprint density at radius 1 is 1.29 bits per heavy atom. The largest absolute Gasteiger partial charge is 0.386 e. The highest BCUT2D eigenvalue weighted by atomic mass is 16.3. The second kappa shape index (κ2) is 7.17. The lowest BCUT2D eigenvalue weighted by molar-refractivity contribution is 0.0836. The molecule has 0 aromatic rings. The third kappa shape index (κ3) is 5.69. The Bertz CT molecular complexity index is 243. The minimum atomic E-state index is -0.612. The van der Waals surface area contributed by atoms with Gasteiger partial charge in [0, 0.05) is 6.04 Å². The molecule has 17 heavy (non-hydrogen) atoms. The summed E-state index contributed by atoms with van der Waals surface area (Å²) >= 11 is 0. The average molecular weight is 239 g/mol. The predicted octanol–water partition coefficient (Wildman–Crippen LogP) is 3.41. The van der Waals surface area contributed by atoms with Crippen molar-refractivity contribution in [2.24, 2.45) is 0 Å². The fraction of sp³-hybridized carbons (Fsp3) is 0.867. The maximum absolute atomic E-state index is 10.6. The van der Waals surface area contributed by atoms with Crippen LogP contribution >= 0.6 is 0 Å². The van der Waals surface area contributed by atoms with Crippen molar-refractivity contribution < 1.29 is 5.11 Å². The van der Waals surface area contributed by atoms with Crippen molar-refractivity contribution in [3.8, 4) is 0 Å². The van der Waals surface area contributed by atoms with Gasteiger partial charge in [-0.15, -0.1) is 0 Å². The van der Waals surface area contributed by atoms with E-state index < -0.39 is 5.60 Å². The van der Waals surface area contributed by atoms with E-state index in [1.165, 1.54) is 31.3 Å². The molecule has 1 aliphatic carbocycles. The van der Waals surface area contributed by atoms with Gasteiger partial charge in [0.05, 0.1) is 5.60 Å². The summed E-state index contributed by atoms with van der Waals surface area (Å²) in [5.41, 5.74) is 0.655.